The number of methoxy groups -OCH3 is 1. The zero-order valence-corrected chi connectivity index (χ0v) is 8.96. The van der Waals surface area contributed by atoms with E-state index in [4.69, 9.17) is 21.1 Å². The molecular formula is C9H15ClO4. The average Bonchev–Trinajstić information content (AvgIpc) is 2.18. The van der Waals surface area contributed by atoms with Gasteiger partial charge >= 0.3 is 6.16 Å². The lowest BCUT2D eigenvalue weighted by Crippen LogP contribution is -2.29. The first kappa shape index (κ1) is 11.6. The van der Waals surface area contributed by atoms with Crippen LogP contribution in [-0.2, 0) is 14.2 Å². The van der Waals surface area contributed by atoms with Gasteiger partial charge in [0.2, 0.25) is 0 Å². The SMILES string of the molecule is COC1CCCC(OC(=O)OCCl)C1. The molecule has 14 heavy (non-hydrogen) atoms. The zero-order valence-electron chi connectivity index (χ0n) is 8.20. The fourth-order valence-corrected chi connectivity index (χ4v) is 1.73. The van der Waals surface area contributed by atoms with E-state index >= 15 is 0 Å². The van der Waals surface area contributed by atoms with E-state index < -0.39 is 6.16 Å². The minimum atomic E-state index is -0.693. The first-order valence-electron chi connectivity index (χ1n) is 4.68. The summed E-state index contributed by atoms with van der Waals surface area (Å²) in [4.78, 5) is 10.9. The Kier molecular flexibility index (Phi) is 5.04. The van der Waals surface area contributed by atoms with Gasteiger partial charge in [-0.15, -0.1) is 0 Å². The van der Waals surface area contributed by atoms with Crippen molar-refractivity contribution in [3.05, 3.63) is 0 Å². The molecule has 0 amide bonds. The van der Waals surface area contributed by atoms with Crippen molar-refractivity contribution in [1.82, 2.24) is 0 Å². The third-order valence-electron chi connectivity index (χ3n) is 2.35. The number of carbonyl (C=O) groups excluding carboxylic acids is 1. The summed E-state index contributed by atoms with van der Waals surface area (Å²) in [5.41, 5.74) is 0. The lowest BCUT2D eigenvalue weighted by atomic mass is 9.95. The molecule has 1 fully saturated rings. The zero-order chi connectivity index (χ0) is 10.4. The van der Waals surface area contributed by atoms with E-state index in [2.05, 4.69) is 4.74 Å². The summed E-state index contributed by atoms with van der Waals surface area (Å²) in [6.07, 6.45) is 3.06. The molecule has 0 radical (unpaired) electrons. The third kappa shape index (κ3) is 3.72. The first-order chi connectivity index (χ1) is 6.76. The van der Waals surface area contributed by atoms with Gasteiger partial charge in [-0.3, -0.25) is 0 Å². The largest absolute Gasteiger partial charge is 0.509 e. The maximum atomic E-state index is 10.9. The molecule has 0 aromatic heterocycles. The molecule has 0 N–H and O–H groups in total. The normalized spacial score (nSPS) is 27.0. The topological polar surface area (TPSA) is 44.8 Å². The Morgan fingerprint density at radius 1 is 1.43 bits per heavy atom. The van der Waals surface area contributed by atoms with Gasteiger partial charge < -0.3 is 14.2 Å². The van der Waals surface area contributed by atoms with Crippen molar-refractivity contribution in [2.75, 3.05) is 13.2 Å². The molecule has 0 heterocycles. The average molecular weight is 223 g/mol. The van der Waals surface area contributed by atoms with Gasteiger partial charge in [0, 0.05) is 13.5 Å². The maximum Gasteiger partial charge on any atom is 0.509 e. The number of alkyl halides is 1. The lowest BCUT2D eigenvalue weighted by molar-refractivity contribution is -0.0219. The van der Waals surface area contributed by atoms with E-state index in [1.807, 2.05) is 0 Å². The number of carbonyl (C=O) groups is 1. The van der Waals surface area contributed by atoms with Gasteiger partial charge in [-0.1, -0.05) is 11.6 Å². The fraction of sp³-hybridized carbons (Fsp3) is 0.889. The van der Waals surface area contributed by atoms with Crippen molar-refractivity contribution in [3.63, 3.8) is 0 Å². The second-order valence-electron chi connectivity index (χ2n) is 3.27. The Morgan fingerprint density at radius 2 is 2.14 bits per heavy atom. The number of halogens is 1. The van der Waals surface area contributed by atoms with Crippen LogP contribution in [0.4, 0.5) is 4.79 Å². The van der Waals surface area contributed by atoms with Crippen molar-refractivity contribution >= 4 is 17.8 Å². The van der Waals surface area contributed by atoms with Crippen molar-refractivity contribution in [2.45, 2.75) is 37.9 Å². The molecule has 4 nitrogen and oxygen atoms in total. The molecule has 0 saturated heterocycles. The van der Waals surface area contributed by atoms with Crippen molar-refractivity contribution in [1.29, 1.82) is 0 Å². The number of hydrogen-bond donors (Lipinski definition) is 0. The quantitative estimate of drug-likeness (QED) is 0.543. The van der Waals surface area contributed by atoms with Crippen LogP contribution in [0.5, 0.6) is 0 Å². The molecule has 82 valence electrons. The summed E-state index contributed by atoms with van der Waals surface area (Å²) in [6.45, 7) is 0. The molecule has 0 spiro atoms. The van der Waals surface area contributed by atoms with Crippen LogP contribution in [0, 0.1) is 0 Å². The Balaban J connectivity index is 2.26. The van der Waals surface area contributed by atoms with Gasteiger partial charge in [0.1, 0.15) is 6.10 Å². The molecular weight excluding hydrogens is 208 g/mol. The second-order valence-corrected chi connectivity index (χ2v) is 3.49. The highest BCUT2D eigenvalue weighted by Gasteiger charge is 2.24. The molecule has 0 aliphatic heterocycles. The van der Waals surface area contributed by atoms with E-state index in [1.54, 1.807) is 7.11 Å². The Hall–Kier alpha value is -0.480. The van der Waals surface area contributed by atoms with Gasteiger partial charge in [0.15, 0.2) is 6.07 Å². The Bertz CT molecular complexity index is 186. The molecule has 0 aromatic rings. The van der Waals surface area contributed by atoms with E-state index in [9.17, 15) is 4.79 Å². The number of ether oxygens (including phenoxy) is 3. The van der Waals surface area contributed by atoms with Crippen LogP contribution in [0.1, 0.15) is 25.7 Å². The molecule has 1 saturated carbocycles. The van der Waals surface area contributed by atoms with E-state index in [1.165, 1.54) is 0 Å². The fourth-order valence-electron chi connectivity index (χ4n) is 1.64. The highest BCUT2D eigenvalue weighted by atomic mass is 35.5. The summed E-state index contributed by atoms with van der Waals surface area (Å²) < 4.78 is 14.7. The second kappa shape index (κ2) is 6.09. The summed E-state index contributed by atoms with van der Waals surface area (Å²) in [5.74, 6) is 0. The molecule has 2 atom stereocenters. The highest BCUT2D eigenvalue weighted by molar-refractivity contribution is 6.17. The van der Waals surface area contributed by atoms with E-state index in [-0.39, 0.29) is 18.3 Å². The number of hydrogen-bond acceptors (Lipinski definition) is 4. The molecule has 0 aromatic carbocycles. The minimum Gasteiger partial charge on any atom is -0.431 e. The van der Waals surface area contributed by atoms with Crippen LogP contribution in [-0.4, -0.2) is 31.5 Å². The predicted molar refractivity (Wildman–Crippen MR) is 51.3 cm³/mol. The highest BCUT2D eigenvalue weighted by Crippen LogP contribution is 2.23. The number of rotatable bonds is 3. The smallest absolute Gasteiger partial charge is 0.431 e. The van der Waals surface area contributed by atoms with Crippen LogP contribution >= 0.6 is 11.6 Å². The van der Waals surface area contributed by atoms with Gasteiger partial charge in [-0.25, -0.2) is 4.79 Å². The van der Waals surface area contributed by atoms with Crippen LogP contribution < -0.4 is 0 Å². The van der Waals surface area contributed by atoms with Gasteiger partial charge in [-0.05, 0) is 19.3 Å². The maximum absolute atomic E-state index is 10.9. The molecule has 5 heteroatoms. The van der Waals surface area contributed by atoms with E-state index in [0.717, 1.165) is 25.7 Å². The first-order valence-corrected chi connectivity index (χ1v) is 5.22. The van der Waals surface area contributed by atoms with Crippen LogP contribution in [0.15, 0.2) is 0 Å². The summed E-state index contributed by atoms with van der Waals surface area (Å²) in [6, 6.07) is -0.167. The standard InChI is InChI=1S/C9H15ClO4/c1-12-7-3-2-4-8(5-7)14-9(11)13-6-10/h7-8H,2-6H2,1H3. The predicted octanol–water partition coefficient (Wildman–Crippen LogP) is 2.29. The Labute approximate surface area is 88.5 Å². The summed E-state index contributed by atoms with van der Waals surface area (Å²) >= 11 is 5.22. The van der Waals surface area contributed by atoms with Gasteiger partial charge in [0.25, 0.3) is 0 Å². The van der Waals surface area contributed by atoms with Crippen LogP contribution in [0.3, 0.4) is 0 Å². The van der Waals surface area contributed by atoms with E-state index in [0.29, 0.717) is 0 Å². The van der Waals surface area contributed by atoms with Crippen molar-refractivity contribution < 1.29 is 19.0 Å². The minimum absolute atomic E-state index is 0.0931. The molecule has 0 bridgehead atoms. The van der Waals surface area contributed by atoms with Crippen LogP contribution in [0.2, 0.25) is 0 Å². The molecule has 1 aliphatic carbocycles. The lowest BCUT2D eigenvalue weighted by Gasteiger charge is -2.27. The van der Waals surface area contributed by atoms with Gasteiger partial charge in [0.05, 0.1) is 6.10 Å². The molecule has 1 aliphatic rings. The third-order valence-corrected chi connectivity index (χ3v) is 2.46. The monoisotopic (exact) mass is 222 g/mol. The van der Waals surface area contributed by atoms with Crippen molar-refractivity contribution in [2.24, 2.45) is 0 Å². The molecule has 1 rings (SSSR count). The van der Waals surface area contributed by atoms with Gasteiger partial charge in [-0.2, -0.15) is 0 Å². The van der Waals surface area contributed by atoms with Crippen molar-refractivity contribution in [3.8, 4) is 0 Å². The molecule has 2 unspecified atom stereocenters. The summed E-state index contributed by atoms with van der Waals surface area (Å²) in [5, 5.41) is 0. The summed E-state index contributed by atoms with van der Waals surface area (Å²) in [7, 11) is 1.67. The van der Waals surface area contributed by atoms with Crippen LogP contribution in [0.25, 0.3) is 0 Å². The Morgan fingerprint density at radius 3 is 2.79 bits per heavy atom.